The summed E-state index contributed by atoms with van der Waals surface area (Å²) in [6.45, 7) is 0.873. The fraction of sp³-hybridized carbons (Fsp3) is 0.417. The van der Waals surface area contributed by atoms with Gasteiger partial charge < -0.3 is 5.32 Å². The highest BCUT2D eigenvalue weighted by atomic mass is 16.2. The van der Waals surface area contributed by atoms with Gasteiger partial charge in [-0.15, -0.1) is 0 Å². The van der Waals surface area contributed by atoms with Gasteiger partial charge in [-0.25, -0.2) is 0 Å². The van der Waals surface area contributed by atoms with E-state index in [1.807, 2.05) is 6.07 Å². The van der Waals surface area contributed by atoms with Crippen LogP contribution in [0.1, 0.15) is 23.5 Å². The SMILES string of the molecule is O=C1NCC2CCc3ccccc3C12. The largest absolute Gasteiger partial charge is 0.355 e. The molecule has 1 N–H and O–H groups in total. The van der Waals surface area contributed by atoms with Crippen LogP contribution in [0.3, 0.4) is 0 Å². The van der Waals surface area contributed by atoms with E-state index in [0.29, 0.717) is 5.92 Å². The van der Waals surface area contributed by atoms with Gasteiger partial charge in [0.25, 0.3) is 0 Å². The molecule has 2 unspecified atom stereocenters. The van der Waals surface area contributed by atoms with Crippen LogP contribution in [-0.2, 0) is 11.2 Å². The summed E-state index contributed by atoms with van der Waals surface area (Å²) < 4.78 is 0. The van der Waals surface area contributed by atoms with Crippen LogP contribution < -0.4 is 5.32 Å². The number of aryl methyl sites for hydroxylation is 1. The first-order chi connectivity index (χ1) is 6.86. The van der Waals surface area contributed by atoms with Gasteiger partial charge >= 0.3 is 0 Å². The Morgan fingerprint density at radius 2 is 2.14 bits per heavy atom. The molecule has 2 atom stereocenters. The molecule has 0 saturated carbocycles. The Morgan fingerprint density at radius 3 is 3.07 bits per heavy atom. The lowest BCUT2D eigenvalue weighted by Crippen LogP contribution is -2.22. The topological polar surface area (TPSA) is 29.1 Å². The number of rotatable bonds is 0. The number of amides is 1. The third-order valence-corrected chi connectivity index (χ3v) is 3.47. The molecular weight excluding hydrogens is 174 g/mol. The maximum atomic E-state index is 11.7. The second-order valence-electron chi connectivity index (χ2n) is 4.22. The molecule has 1 aliphatic heterocycles. The highest BCUT2D eigenvalue weighted by Gasteiger charge is 2.39. The minimum atomic E-state index is 0.139. The van der Waals surface area contributed by atoms with Gasteiger partial charge in [0.05, 0.1) is 5.92 Å². The van der Waals surface area contributed by atoms with Crippen LogP contribution in [0.5, 0.6) is 0 Å². The van der Waals surface area contributed by atoms with Crippen LogP contribution in [0.15, 0.2) is 24.3 Å². The van der Waals surface area contributed by atoms with Gasteiger partial charge in [-0.3, -0.25) is 4.79 Å². The number of hydrogen-bond acceptors (Lipinski definition) is 1. The molecule has 1 fully saturated rings. The van der Waals surface area contributed by atoms with Crippen LogP contribution in [0, 0.1) is 5.92 Å². The number of hydrogen-bond donors (Lipinski definition) is 1. The molecule has 0 aromatic heterocycles. The molecule has 1 aliphatic carbocycles. The molecule has 1 amide bonds. The monoisotopic (exact) mass is 187 g/mol. The van der Waals surface area contributed by atoms with Crippen LogP contribution in [0.2, 0.25) is 0 Å². The van der Waals surface area contributed by atoms with E-state index in [1.54, 1.807) is 0 Å². The third-order valence-electron chi connectivity index (χ3n) is 3.47. The van der Waals surface area contributed by atoms with Crippen molar-refractivity contribution in [1.82, 2.24) is 5.32 Å². The van der Waals surface area contributed by atoms with Gasteiger partial charge in [-0.05, 0) is 29.9 Å². The fourth-order valence-corrected chi connectivity index (χ4v) is 2.74. The third kappa shape index (κ3) is 0.999. The van der Waals surface area contributed by atoms with Crippen LogP contribution in [0.25, 0.3) is 0 Å². The molecule has 14 heavy (non-hydrogen) atoms. The number of benzene rings is 1. The Hall–Kier alpha value is -1.31. The van der Waals surface area contributed by atoms with Crippen molar-refractivity contribution >= 4 is 5.91 Å². The number of fused-ring (bicyclic) bond motifs is 3. The van der Waals surface area contributed by atoms with Crippen LogP contribution >= 0.6 is 0 Å². The van der Waals surface area contributed by atoms with E-state index < -0.39 is 0 Å². The van der Waals surface area contributed by atoms with Gasteiger partial charge in [0.15, 0.2) is 0 Å². The van der Waals surface area contributed by atoms with E-state index in [2.05, 4.69) is 23.5 Å². The Balaban J connectivity index is 2.11. The van der Waals surface area contributed by atoms with Gasteiger partial charge in [0.1, 0.15) is 0 Å². The first kappa shape index (κ1) is 8.04. The summed E-state index contributed by atoms with van der Waals surface area (Å²) in [5.74, 6) is 0.902. The summed E-state index contributed by atoms with van der Waals surface area (Å²) in [6.07, 6.45) is 2.28. The smallest absolute Gasteiger partial charge is 0.227 e. The molecule has 0 bridgehead atoms. The van der Waals surface area contributed by atoms with Crippen LogP contribution in [-0.4, -0.2) is 12.5 Å². The first-order valence-corrected chi connectivity index (χ1v) is 5.22. The lowest BCUT2D eigenvalue weighted by molar-refractivity contribution is -0.120. The Kier molecular flexibility index (Phi) is 1.63. The van der Waals surface area contributed by atoms with Crippen molar-refractivity contribution in [3.05, 3.63) is 35.4 Å². The molecule has 0 radical (unpaired) electrons. The van der Waals surface area contributed by atoms with Crippen molar-refractivity contribution in [3.8, 4) is 0 Å². The summed E-state index contributed by atoms with van der Waals surface area (Å²) in [4.78, 5) is 11.7. The van der Waals surface area contributed by atoms with E-state index in [9.17, 15) is 4.79 Å². The molecule has 1 aromatic rings. The average molecular weight is 187 g/mol. The quantitative estimate of drug-likeness (QED) is 0.654. The first-order valence-electron chi connectivity index (χ1n) is 5.22. The predicted octanol–water partition coefficient (Wildman–Crippen LogP) is 1.46. The highest BCUT2D eigenvalue weighted by molar-refractivity contribution is 5.87. The molecule has 0 spiro atoms. The highest BCUT2D eigenvalue weighted by Crippen LogP contribution is 2.38. The Morgan fingerprint density at radius 1 is 1.29 bits per heavy atom. The zero-order valence-electron chi connectivity index (χ0n) is 7.99. The Labute approximate surface area is 83.3 Å². The molecule has 2 aliphatic rings. The predicted molar refractivity (Wildman–Crippen MR) is 54.0 cm³/mol. The maximum absolute atomic E-state index is 11.7. The molecule has 2 heteroatoms. The molecule has 1 aromatic carbocycles. The summed E-state index contributed by atoms with van der Waals surface area (Å²) in [5.41, 5.74) is 2.63. The second-order valence-corrected chi connectivity index (χ2v) is 4.22. The van der Waals surface area contributed by atoms with Gasteiger partial charge in [-0.2, -0.15) is 0 Å². The van der Waals surface area contributed by atoms with Crippen molar-refractivity contribution in [2.45, 2.75) is 18.8 Å². The summed E-state index contributed by atoms with van der Waals surface area (Å²) in [7, 11) is 0. The standard InChI is InChI=1S/C12H13NO/c14-12-11-9(7-13-12)6-5-8-3-1-2-4-10(8)11/h1-4,9,11H,5-7H2,(H,13,14). The summed E-state index contributed by atoms with van der Waals surface area (Å²) in [5, 5.41) is 2.96. The summed E-state index contributed by atoms with van der Waals surface area (Å²) in [6, 6.07) is 8.35. The molecule has 2 nitrogen and oxygen atoms in total. The van der Waals surface area contributed by atoms with Gasteiger partial charge in [-0.1, -0.05) is 24.3 Å². The zero-order chi connectivity index (χ0) is 9.54. The fourth-order valence-electron chi connectivity index (χ4n) is 2.74. The number of carbonyl (C=O) groups excluding carboxylic acids is 1. The minimum absolute atomic E-state index is 0.139. The van der Waals surface area contributed by atoms with Crippen LogP contribution in [0.4, 0.5) is 0 Å². The molecule has 3 rings (SSSR count). The maximum Gasteiger partial charge on any atom is 0.227 e. The lowest BCUT2D eigenvalue weighted by Gasteiger charge is -2.25. The average Bonchev–Trinajstić information content (AvgIpc) is 2.61. The van der Waals surface area contributed by atoms with E-state index in [0.717, 1.165) is 19.4 Å². The van der Waals surface area contributed by atoms with Gasteiger partial charge in [0, 0.05) is 6.54 Å². The summed E-state index contributed by atoms with van der Waals surface area (Å²) >= 11 is 0. The van der Waals surface area contributed by atoms with Crippen molar-refractivity contribution in [2.24, 2.45) is 5.92 Å². The van der Waals surface area contributed by atoms with Crippen molar-refractivity contribution < 1.29 is 4.79 Å². The molecule has 1 heterocycles. The molecular formula is C12H13NO. The van der Waals surface area contributed by atoms with E-state index in [4.69, 9.17) is 0 Å². The number of carbonyl (C=O) groups is 1. The van der Waals surface area contributed by atoms with Crippen molar-refractivity contribution in [3.63, 3.8) is 0 Å². The minimum Gasteiger partial charge on any atom is -0.355 e. The molecule has 1 saturated heterocycles. The molecule has 72 valence electrons. The number of nitrogens with one attached hydrogen (secondary N) is 1. The van der Waals surface area contributed by atoms with Crippen molar-refractivity contribution in [2.75, 3.05) is 6.54 Å². The van der Waals surface area contributed by atoms with Crippen molar-refractivity contribution in [1.29, 1.82) is 0 Å². The second kappa shape index (κ2) is 2.84. The van der Waals surface area contributed by atoms with Gasteiger partial charge in [0.2, 0.25) is 5.91 Å². The van der Waals surface area contributed by atoms with E-state index >= 15 is 0 Å². The van der Waals surface area contributed by atoms with E-state index in [1.165, 1.54) is 11.1 Å². The Bertz CT molecular complexity index is 386. The zero-order valence-corrected chi connectivity index (χ0v) is 7.99. The van der Waals surface area contributed by atoms with E-state index in [-0.39, 0.29) is 11.8 Å². The normalized spacial score (nSPS) is 29.3. The lowest BCUT2D eigenvalue weighted by atomic mass is 9.77.